The molecular weight excluding hydrogens is 288 g/mol. The Morgan fingerprint density at radius 3 is 2.96 bits per heavy atom. The van der Waals surface area contributed by atoms with E-state index in [1.807, 2.05) is 6.26 Å². The number of aliphatic hydroxyl groups excluding tert-OH is 1. The number of furan rings is 1. The van der Waals surface area contributed by atoms with Gasteiger partial charge in [0.05, 0.1) is 18.5 Å². The number of fused-ring (bicyclic) bond motifs is 5. The molecule has 0 amide bonds. The van der Waals surface area contributed by atoms with Gasteiger partial charge in [-0.25, -0.2) is 0 Å². The minimum absolute atomic E-state index is 0.0574. The molecule has 0 aliphatic heterocycles. The van der Waals surface area contributed by atoms with Crippen molar-refractivity contribution >= 4 is 0 Å². The van der Waals surface area contributed by atoms with E-state index >= 15 is 0 Å². The van der Waals surface area contributed by atoms with Crippen LogP contribution in [0.25, 0.3) is 0 Å². The van der Waals surface area contributed by atoms with E-state index in [9.17, 15) is 10.2 Å². The van der Waals surface area contributed by atoms with E-state index < -0.39 is 5.60 Å². The Kier molecular flexibility index (Phi) is 2.80. The molecule has 4 aliphatic rings. The van der Waals surface area contributed by atoms with Gasteiger partial charge in [0.15, 0.2) is 0 Å². The molecule has 4 unspecified atom stereocenters. The summed E-state index contributed by atoms with van der Waals surface area (Å²) in [6.07, 6.45) is 10.9. The molecule has 2 N–H and O–H groups in total. The van der Waals surface area contributed by atoms with Crippen molar-refractivity contribution in [1.29, 1.82) is 0 Å². The van der Waals surface area contributed by atoms with Crippen molar-refractivity contribution in [3.8, 4) is 0 Å². The molecule has 23 heavy (non-hydrogen) atoms. The molecule has 0 radical (unpaired) electrons. The third kappa shape index (κ3) is 1.68. The third-order valence-corrected chi connectivity index (χ3v) is 8.46. The summed E-state index contributed by atoms with van der Waals surface area (Å²) in [7, 11) is 0. The van der Waals surface area contributed by atoms with Crippen molar-refractivity contribution in [2.45, 2.75) is 69.8 Å². The number of aliphatic hydroxyl groups is 2. The molecule has 1 aromatic heterocycles. The summed E-state index contributed by atoms with van der Waals surface area (Å²) in [6.45, 7) is 2.45. The molecule has 1 aromatic rings. The van der Waals surface area contributed by atoms with Crippen LogP contribution in [-0.4, -0.2) is 22.4 Å². The van der Waals surface area contributed by atoms with Crippen molar-refractivity contribution in [3.63, 3.8) is 0 Å². The van der Waals surface area contributed by atoms with Crippen LogP contribution < -0.4 is 0 Å². The summed E-state index contributed by atoms with van der Waals surface area (Å²) >= 11 is 0. The van der Waals surface area contributed by atoms with Crippen molar-refractivity contribution in [3.05, 3.63) is 23.7 Å². The summed E-state index contributed by atoms with van der Waals surface area (Å²) in [5.41, 5.74) is 1.26. The maximum absolute atomic E-state index is 10.9. The Bertz CT molecular complexity index is 637. The van der Waals surface area contributed by atoms with Crippen molar-refractivity contribution in [2.24, 2.45) is 22.7 Å². The second-order valence-electron chi connectivity index (χ2n) is 9.23. The Morgan fingerprint density at radius 2 is 2.13 bits per heavy atom. The standard InChI is InChI=1S/C20H28O3/c1-18-7-5-16-14(6-9-23-16)15(18)4-8-19-10-13(2-3-17(18)19)20(22,11-19)12-21/h6,9,13,15,17,21-22H,2-5,7-8,10-12H2,1H3/t13?,15?,17?,18-,19+,20?/m1/s1. The maximum atomic E-state index is 10.9. The molecule has 3 fully saturated rings. The minimum atomic E-state index is -0.812. The normalized spacial score (nSPS) is 51.0. The zero-order chi connectivity index (χ0) is 15.9. The predicted molar refractivity (Wildman–Crippen MR) is 87.0 cm³/mol. The molecule has 1 heterocycles. The topological polar surface area (TPSA) is 53.6 Å². The first kappa shape index (κ1) is 14.5. The van der Waals surface area contributed by atoms with Gasteiger partial charge in [-0.05, 0) is 85.2 Å². The number of hydrogen-bond acceptors (Lipinski definition) is 3. The Balaban J connectivity index is 1.56. The first-order valence-electron chi connectivity index (χ1n) is 9.40. The largest absolute Gasteiger partial charge is 0.469 e. The first-order chi connectivity index (χ1) is 11.0. The summed E-state index contributed by atoms with van der Waals surface area (Å²) in [4.78, 5) is 0. The molecule has 3 nitrogen and oxygen atoms in total. The van der Waals surface area contributed by atoms with Crippen LogP contribution in [0.2, 0.25) is 0 Å². The predicted octanol–water partition coefficient (Wildman–Crippen LogP) is 3.64. The van der Waals surface area contributed by atoms with Crippen LogP contribution in [-0.2, 0) is 6.42 Å². The fraction of sp³-hybridized carbons (Fsp3) is 0.800. The van der Waals surface area contributed by atoms with Crippen LogP contribution in [0.4, 0.5) is 0 Å². The van der Waals surface area contributed by atoms with E-state index in [0.29, 0.717) is 23.2 Å². The molecule has 0 saturated heterocycles. The van der Waals surface area contributed by atoms with E-state index in [1.54, 1.807) is 0 Å². The van der Waals surface area contributed by atoms with Crippen LogP contribution >= 0.6 is 0 Å². The highest BCUT2D eigenvalue weighted by molar-refractivity contribution is 5.31. The third-order valence-electron chi connectivity index (χ3n) is 8.46. The molecule has 126 valence electrons. The molecule has 5 rings (SSSR count). The van der Waals surface area contributed by atoms with Gasteiger partial charge >= 0.3 is 0 Å². The number of hydrogen-bond donors (Lipinski definition) is 2. The van der Waals surface area contributed by atoms with Crippen LogP contribution in [0.3, 0.4) is 0 Å². The lowest BCUT2D eigenvalue weighted by molar-refractivity contribution is -0.0727. The Labute approximate surface area is 138 Å². The van der Waals surface area contributed by atoms with Gasteiger partial charge in [-0.2, -0.15) is 0 Å². The minimum Gasteiger partial charge on any atom is -0.469 e. The van der Waals surface area contributed by atoms with Crippen molar-refractivity contribution in [1.82, 2.24) is 0 Å². The first-order valence-corrected chi connectivity index (χ1v) is 9.40. The van der Waals surface area contributed by atoms with Crippen molar-refractivity contribution in [2.75, 3.05) is 6.61 Å². The average molecular weight is 316 g/mol. The van der Waals surface area contributed by atoms with Crippen LogP contribution in [0, 0.1) is 22.7 Å². The van der Waals surface area contributed by atoms with E-state index in [4.69, 9.17) is 4.42 Å². The maximum Gasteiger partial charge on any atom is 0.107 e. The highest BCUT2D eigenvalue weighted by Crippen LogP contribution is 2.71. The van der Waals surface area contributed by atoms with Crippen LogP contribution in [0.1, 0.15) is 69.1 Å². The second kappa shape index (κ2) is 4.43. The molecular formula is C20H28O3. The lowest BCUT2D eigenvalue weighted by Gasteiger charge is -2.59. The average Bonchev–Trinajstić information content (AvgIpc) is 3.09. The quantitative estimate of drug-likeness (QED) is 0.831. The summed E-state index contributed by atoms with van der Waals surface area (Å²) in [5, 5.41) is 20.7. The van der Waals surface area contributed by atoms with Crippen LogP contribution in [0.5, 0.6) is 0 Å². The van der Waals surface area contributed by atoms with E-state index in [2.05, 4.69) is 13.0 Å². The smallest absolute Gasteiger partial charge is 0.107 e. The Hall–Kier alpha value is -0.800. The van der Waals surface area contributed by atoms with Gasteiger partial charge < -0.3 is 14.6 Å². The lowest BCUT2D eigenvalue weighted by atomic mass is 9.45. The highest BCUT2D eigenvalue weighted by Gasteiger charge is 2.65. The molecule has 0 aromatic carbocycles. The molecule has 6 atom stereocenters. The van der Waals surface area contributed by atoms with Gasteiger partial charge in [0, 0.05) is 6.42 Å². The molecule has 3 saturated carbocycles. The molecule has 4 aliphatic carbocycles. The SMILES string of the molecule is C[C@@]12CCc3occc3C1CC[C@@]13CC(CCC12)C(O)(CO)C3. The summed E-state index contributed by atoms with van der Waals surface area (Å²) < 4.78 is 5.72. The fourth-order valence-corrected chi connectivity index (χ4v) is 7.51. The second-order valence-corrected chi connectivity index (χ2v) is 9.23. The number of rotatable bonds is 1. The zero-order valence-corrected chi connectivity index (χ0v) is 14.1. The summed E-state index contributed by atoms with van der Waals surface area (Å²) in [5.74, 6) is 2.85. The monoisotopic (exact) mass is 316 g/mol. The Morgan fingerprint density at radius 1 is 1.26 bits per heavy atom. The van der Waals surface area contributed by atoms with E-state index in [1.165, 1.54) is 37.0 Å². The van der Waals surface area contributed by atoms with E-state index in [0.717, 1.165) is 25.7 Å². The summed E-state index contributed by atoms with van der Waals surface area (Å²) in [6, 6.07) is 2.21. The van der Waals surface area contributed by atoms with E-state index in [-0.39, 0.29) is 12.0 Å². The molecule has 2 bridgehead atoms. The van der Waals surface area contributed by atoms with Gasteiger partial charge in [0.2, 0.25) is 0 Å². The van der Waals surface area contributed by atoms with Crippen molar-refractivity contribution < 1.29 is 14.6 Å². The molecule has 1 spiro atoms. The highest BCUT2D eigenvalue weighted by atomic mass is 16.3. The fourth-order valence-electron chi connectivity index (χ4n) is 7.51. The lowest BCUT2D eigenvalue weighted by Crippen LogP contribution is -2.51. The van der Waals surface area contributed by atoms with Gasteiger partial charge in [-0.3, -0.25) is 0 Å². The van der Waals surface area contributed by atoms with Crippen LogP contribution in [0.15, 0.2) is 16.7 Å². The van der Waals surface area contributed by atoms with Gasteiger partial charge in [0.25, 0.3) is 0 Å². The van der Waals surface area contributed by atoms with Gasteiger partial charge in [-0.15, -0.1) is 0 Å². The van der Waals surface area contributed by atoms with Gasteiger partial charge in [-0.1, -0.05) is 6.92 Å². The zero-order valence-electron chi connectivity index (χ0n) is 14.1. The molecule has 3 heteroatoms. The van der Waals surface area contributed by atoms with Gasteiger partial charge in [0.1, 0.15) is 5.76 Å². The number of aryl methyl sites for hydroxylation is 1.